The predicted octanol–water partition coefficient (Wildman–Crippen LogP) is 5.32. The molecule has 2 heterocycles. The lowest BCUT2D eigenvalue weighted by molar-refractivity contribution is 0.306. The lowest BCUT2D eigenvalue weighted by atomic mass is 9.87. The van der Waals surface area contributed by atoms with Gasteiger partial charge in [0.05, 0.1) is 5.52 Å². The van der Waals surface area contributed by atoms with Crippen molar-refractivity contribution >= 4 is 32.3 Å². The molecule has 0 radical (unpaired) electrons. The van der Waals surface area contributed by atoms with E-state index < -0.39 is 10.0 Å². The van der Waals surface area contributed by atoms with Gasteiger partial charge in [0.25, 0.3) is 10.0 Å². The number of hydrogen-bond acceptors (Lipinski definition) is 5. The topological polar surface area (TPSA) is 74.3 Å². The Morgan fingerprint density at radius 3 is 2.44 bits per heavy atom. The van der Waals surface area contributed by atoms with Gasteiger partial charge < -0.3 is 10.5 Å². The molecule has 0 aliphatic carbocycles. The number of nitrogens with two attached hydrogens (primary N) is 1. The fourth-order valence-electron chi connectivity index (χ4n) is 3.66. The lowest BCUT2D eigenvalue weighted by Crippen LogP contribution is -2.10. The minimum absolute atomic E-state index is 0.112. The summed E-state index contributed by atoms with van der Waals surface area (Å²) in [7, 11) is -3.65. The molecule has 0 saturated carbocycles. The van der Waals surface area contributed by atoms with E-state index in [-0.39, 0.29) is 5.41 Å². The zero-order valence-electron chi connectivity index (χ0n) is 18.5. The first-order chi connectivity index (χ1) is 15.2. The first-order valence-corrected chi connectivity index (χ1v) is 12.9. The Balaban J connectivity index is 1.63. The van der Waals surface area contributed by atoms with Crippen molar-refractivity contribution in [2.75, 3.05) is 6.54 Å². The number of fused-ring (bicyclic) bond motifs is 1. The summed E-state index contributed by atoms with van der Waals surface area (Å²) < 4.78 is 34.0. The molecule has 7 heteroatoms. The molecule has 168 valence electrons. The van der Waals surface area contributed by atoms with Gasteiger partial charge in [0.15, 0.2) is 0 Å². The maximum absolute atomic E-state index is 13.1. The number of aromatic nitrogens is 1. The summed E-state index contributed by atoms with van der Waals surface area (Å²) in [6.07, 6.45) is 2.27. The van der Waals surface area contributed by atoms with Gasteiger partial charge in [0.1, 0.15) is 16.6 Å². The van der Waals surface area contributed by atoms with Crippen LogP contribution < -0.4 is 10.5 Å². The van der Waals surface area contributed by atoms with Crippen molar-refractivity contribution < 1.29 is 13.2 Å². The van der Waals surface area contributed by atoms with Gasteiger partial charge in [-0.05, 0) is 64.7 Å². The molecule has 0 unspecified atom stereocenters. The molecule has 2 aromatic carbocycles. The van der Waals surface area contributed by atoms with E-state index in [1.807, 2.05) is 12.1 Å². The third kappa shape index (κ3) is 4.46. The number of nitrogens with zero attached hydrogens (tertiary/aromatic N) is 1. The summed E-state index contributed by atoms with van der Waals surface area (Å²) in [5.41, 5.74) is 9.78. The summed E-state index contributed by atoms with van der Waals surface area (Å²) in [5.74, 6) is 0.696. The molecule has 0 amide bonds. The second-order valence-corrected chi connectivity index (χ2v) is 11.8. The number of ether oxygens (including phenoxy) is 1. The van der Waals surface area contributed by atoms with E-state index in [0.717, 1.165) is 16.5 Å². The Labute approximate surface area is 193 Å². The molecule has 0 fully saturated rings. The fourth-order valence-corrected chi connectivity index (χ4v) is 6.13. The summed E-state index contributed by atoms with van der Waals surface area (Å²) in [4.78, 5) is 0. The smallest absolute Gasteiger partial charge is 0.277 e. The second-order valence-electron chi connectivity index (χ2n) is 8.84. The molecule has 0 spiro atoms. The van der Waals surface area contributed by atoms with Crippen LogP contribution in [0.3, 0.4) is 0 Å². The zero-order chi connectivity index (χ0) is 22.9. The number of thiophene rings is 1. The normalized spacial score (nSPS) is 12.4. The summed E-state index contributed by atoms with van der Waals surface area (Å²) >= 11 is 1.21. The average Bonchev–Trinajstić information content (AvgIpc) is 3.42. The van der Waals surface area contributed by atoms with Crippen LogP contribution >= 0.6 is 11.3 Å². The second kappa shape index (κ2) is 8.73. The number of hydrogen-bond donors (Lipinski definition) is 1. The van der Waals surface area contributed by atoms with Gasteiger partial charge in [-0.2, -0.15) is 8.42 Å². The van der Waals surface area contributed by atoms with Crippen LogP contribution in [0.5, 0.6) is 5.75 Å². The molecular formula is C25H28N2O3S2. The van der Waals surface area contributed by atoms with E-state index in [0.29, 0.717) is 35.0 Å². The van der Waals surface area contributed by atoms with Crippen molar-refractivity contribution in [3.63, 3.8) is 0 Å². The zero-order valence-corrected chi connectivity index (χ0v) is 20.2. The minimum Gasteiger partial charge on any atom is -0.489 e. The Kier molecular flexibility index (Phi) is 6.16. The van der Waals surface area contributed by atoms with Crippen LogP contribution in [0.2, 0.25) is 0 Å². The first-order valence-electron chi connectivity index (χ1n) is 10.6. The van der Waals surface area contributed by atoms with Crippen LogP contribution in [0.1, 0.15) is 37.5 Å². The van der Waals surface area contributed by atoms with E-state index >= 15 is 0 Å². The maximum atomic E-state index is 13.1. The lowest BCUT2D eigenvalue weighted by Gasteiger charge is -2.19. The van der Waals surface area contributed by atoms with Gasteiger partial charge in [-0.1, -0.05) is 51.1 Å². The van der Waals surface area contributed by atoms with Gasteiger partial charge >= 0.3 is 0 Å². The highest BCUT2D eigenvalue weighted by Crippen LogP contribution is 2.31. The highest BCUT2D eigenvalue weighted by atomic mass is 32.2. The van der Waals surface area contributed by atoms with Crippen molar-refractivity contribution in [3.8, 4) is 5.75 Å². The molecular weight excluding hydrogens is 440 g/mol. The Morgan fingerprint density at radius 1 is 1.06 bits per heavy atom. The average molecular weight is 469 g/mol. The molecule has 4 aromatic rings. The van der Waals surface area contributed by atoms with Crippen molar-refractivity contribution in [3.05, 3.63) is 82.9 Å². The van der Waals surface area contributed by atoms with Gasteiger partial charge in [0.2, 0.25) is 0 Å². The van der Waals surface area contributed by atoms with Crippen molar-refractivity contribution in [2.45, 2.75) is 43.4 Å². The Morgan fingerprint density at radius 2 is 1.81 bits per heavy atom. The highest BCUT2D eigenvalue weighted by molar-refractivity contribution is 7.92. The minimum atomic E-state index is -3.65. The van der Waals surface area contributed by atoms with E-state index in [2.05, 4.69) is 45.0 Å². The maximum Gasteiger partial charge on any atom is 0.277 e. The molecule has 0 saturated heterocycles. The third-order valence-corrected chi connectivity index (χ3v) is 8.52. The molecule has 4 rings (SSSR count). The van der Waals surface area contributed by atoms with Crippen LogP contribution in [0.4, 0.5) is 0 Å². The van der Waals surface area contributed by atoms with Gasteiger partial charge in [0, 0.05) is 11.6 Å². The SMILES string of the molecule is CC(C)(C)c1ccc(COc2ccc3c(c2)c(CCN)cn3S(=O)(=O)c2cccs2)cc1. The van der Waals surface area contributed by atoms with Gasteiger partial charge in [-0.15, -0.1) is 11.3 Å². The van der Waals surface area contributed by atoms with Crippen molar-refractivity contribution in [2.24, 2.45) is 5.73 Å². The standard InChI is InChI=1S/C25H28N2O3S2/c1-25(2,3)20-8-6-18(7-9-20)17-30-21-10-11-23-22(15-21)19(12-13-26)16-27(23)32(28,29)24-5-4-14-31-24/h4-11,14-16H,12-13,17,26H2,1-3H3. The quantitative estimate of drug-likeness (QED) is 0.398. The largest absolute Gasteiger partial charge is 0.489 e. The predicted molar refractivity (Wildman–Crippen MR) is 131 cm³/mol. The van der Waals surface area contributed by atoms with Crippen molar-refractivity contribution in [1.82, 2.24) is 3.97 Å². The van der Waals surface area contributed by atoms with Crippen LogP contribution in [0.25, 0.3) is 10.9 Å². The van der Waals surface area contributed by atoms with Crippen molar-refractivity contribution in [1.29, 1.82) is 0 Å². The molecule has 32 heavy (non-hydrogen) atoms. The van der Waals surface area contributed by atoms with Gasteiger partial charge in [-0.3, -0.25) is 0 Å². The molecule has 2 N–H and O–H groups in total. The molecule has 0 atom stereocenters. The molecule has 0 bridgehead atoms. The van der Waals surface area contributed by atoms with E-state index in [9.17, 15) is 8.42 Å². The molecule has 0 aliphatic heterocycles. The molecule has 2 aromatic heterocycles. The van der Waals surface area contributed by atoms with Crippen LogP contribution in [0.15, 0.2) is 70.4 Å². The summed E-state index contributed by atoms with van der Waals surface area (Å²) in [6.45, 7) is 7.45. The third-order valence-electron chi connectivity index (χ3n) is 5.47. The highest BCUT2D eigenvalue weighted by Gasteiger charge is 2.22. The molecule has 5 nitrogen and oxygen atoms in total. The van der Waals surface area contributed by atoms with E-state index in [1.54, 1.807) is 29.8 Å². The van der Waals surface area contributed by atoms with E-state index in [4.69, 9.17) is 10.5 Å². The monoisotopic (exact) mass is 468 g/mol. The fraction of sp³-hybridized carbons (Fsp3) is 0.280. The van der Waals surface area contributed by atoms with Crippen LogP contribution in [-0.2, 0) is 28.5 Å². The van der Waals surface area contributed by atoms with E-state index in [1.165, 1.54) is 20.9 Å². The summed E-state index contributed by atoms with van der Waals surface area (Å²) in [6, 6.07) is 17.3. The first kappa shape index (κ1) is 22.6. The van der Waals surface area contributed by atoms with Crippen LogP contribution in [-0.4, -0.2) is 18.9 Å². The number of benzene rings is 2. The Bertz CT molecular complexity index is 1310. The summed E-state index contributed by atoms with van der Waals surface area (Å²) in [5, 5.41) is 2.61. The number of rotatable bonds is 7. The Hall–Kier alpha value is -2.61. The van der Waals surface area contributed by atoms with Gasteiger partial charge in [-0.25, -0.2) is 3.97 Å². The molecule has 0 aliphatic rings. The van der Waals surface area contributed by atoms with Crippen LogP contribution in [0, 0.1) is 0 Å².